The predicted octanol–water partition coefficient (Wildman–Crippen LogP) is 0.825. The minimum Gasteiger partial charge on any atom is -0.345 e. The highest BCUT2D eigenvalue weighted by Gasteiger charge is 2.30. The van der Waals surface area contributed by atoms with Gasteiger partial charge in [0.1, 0.15) is 5.69 Å². The molecule has 1 fully saturated rings. The summed E-state index contributed by atoms with van der Waals surface area (Å²) in [6, 6.07) is 0. The minimum atomic E-state index is -0.175. The molecule has 1 amide bonds. The van der Waals surface area contributed by atoms with E-state index in [0.29, 0.717) is 11.5 Å². The van der Waals surface area contributed by atoms with E-state index in [0.717, 1.165) is 12.8 Å². The molecule has 1 aliphatic carbocycles. The Kier molecular flexibility index (Phi) is 3.23. The van der Waals surface area contributed by atoms with Gasteiger partial charge >= 0.3 is 0 Å². The van der Waals surface area contributed by atoms with Crippen LogP contribution in [0.15, 0.2) is 12.4 Å². The van der Waals surface area contributed by atoms with Crippen LogP contribution in [0.1, 0.15) is 43.1 Å². The molecule has 1 aliphatic rings. The van der Waals surface area contributed by atoms with Crippen LogP contribution in [0.25, 0.3) is 0 Å². The number of carbonyl (C=O) groups excluding carboxylic acids is 1. The molecule has 0 radical (unpaired) electrons. The van der Waals surface area contributed by atoms with Crippen molar-refractivity contribution in [1.29, 1.82) is 0 Å². The van der Waals surface area contributed by atoms with E-state index >= 15 is 0 Å². The number of nitrogens with two attached hydrogens (primary N) is 1. The van der Waals surface area contributed by atoms with Crippen LogP contribution in [-0.2, 0) is 0 Å². The van der Waals surface area contributed by atoms with Crippen molar-refractivity contribution in [2.75, 3.05) is 5.43 Å². The van der Waals surface area contributed by atoms with E-state index in [4.69, 9.17) is 5.84 Å². The summed E-state index contributed by atoms with van der Waals surface area (Å²) in [5.41, 5.74) is 2.59. The van der Waals surface area contributed by atoms with Crippen molar-refractivity contribution in [1.82, 2.24) is 15.3 Å². The Balaban J connectivity index is 2.03. The summed E-state index contributed by atoms with van der Waals surface area (Å²) in [5, 5.41) is 3.02. The van der Waals surface area contributed by atoms with Gasteiger partial charge in [-0.15, -0.1) is 0 Å². The lowest BCUT2D eigenvalue weighted by molar-refractivity contribution is 0.0902. The molecule has 6 heteroatoms. The summed E-state index contributed by atoms with van der Waals surface area (Å²) in [5.74, 6) is 5.44. The summed E-state index contributed by atoms with van der Waals surface area (Å²) < 4.78 is 0. The minimum absolute atomic E-state index is 0.0937. The Hall–Kier alpha value is -1.69. The van der Waals surface area contributed by atoms with Crippen LogP contribution in [0.2, 0.25) is 0 Å². The van der Waals surface area contributed by atoms with Crippen molar-refractivity contribution >= 4 is 11.7 Å². The average Bonchev–Trinajstić information content (AvgIpc) is 2.76. The number of carbonyl (C=O) groups is 1. The summed E-state index contributed by atoms with van der Waals surface area (Å²) in [4.78, 5) is 19.9. The number of hydrogen-bond donors (Lipinski definition) is 3. The molecule has 6 nitrogen and oxygen atoms in total. The third-order valence-electron chi connectivity index (χ3n) is 3.15. The average molecular weight is 235 g/mol. The van der Waals surface area contributed by atoms with Gasteiger partial charge in [0.05, 0.1) is 12.4 Å². The van der Waals surface area contributed by atoms with Crippen LogP contribution in [-0.4, -0.2) is 21.4 Å². The maximum Gasteiger partial charge on any atom is 0.271 e. The van der Waals surface area contributed by atoms with Gasteiger partial charge in [-0.05, 0) is 19.8 Å². The number of nitrogen functional groups attached to an aromatic ring is 1. The number of nitrogens with zero attached hydrogens (tertiary/aromatic N) is 2. The lowest BCUT2D eigenvalue weighted by Crippen LogP contribution is -2.43. The van der Waals surface area contributed by atoms with Crippen molar-refractivity contribution in [3.63, 3.8) is 0 Å². The Morgan fingerprint density at radius 2 is 2.06 bits per heavy atom. The number of aromatic nitrogens is 2. The number of amides is 1. The highest BCUT2D eigenvalue weighted by Crippen LogP contribution is 2.28. The Bertz CT molecular complexity index is 397. The van der Waals surface area contributed by atoms with E-state index in [1.165, 1.54) is 25.2 Å². The topological polar surface area (TPSA) is 92.9 Å². The third-order valence-corrected chi connectivity index (χ3v) is 3.15. The standard InChI is InChI=1S/C11H17N5O/c1-11(4-2-3-5-11)15-10(17)8-6-14-9(16-12)7-13-8/h6-7H,2-5,12H2,1H3,(H,14,16)(H,15,17). The Morgan fingerprint density at radius 1 is 1.35 bits per heavy atom. The number of nitrogens with one attached hydrogen (secondary N) is 2. The highest BCUT2D eigenvalue weighted by atomic mass is 16.2. The normalized spacial score (nSPS) is 17.8. The Morgan fingerprint density at radius 3 is 2.59 bits per heavy atom. The zero-order valence-corrected chi connectivity index (χ0v) is 9.86. The van der Waals surface area contributed by atoms with Crippen molar-refractivity contribution in [3.8, 4) is 0 Å². The molecule has 0 bridgehead atoms. The summed E-state index contributed by atoms with van der Waals surface area (Å²) in [6.45, 7) is 2.07. The lowest BCUT2D eigenvalue weighted by atomic mass is 10.0. The first-order chi connectivity index (χ1) is 8.13. The van der Waals surface area contributed by atoms with Crippen LogP contribution in [0, 0.1) is 0 Å². The van der Waals surface area contributed by atoms with Gasteiger partial charge in [-0.1, -0.05) is 12.8 Å². The van der Waals surface area contributed by atoms with E-state index in [1.54, 1.807) is 0 Å². The zero-order chi connectivity index (χ0) is 12.3. The molecule has 2 rings (SSSR count). The number of hydrogen-bond acceptors (Lipinski definition) is 5. The predicted molar refractivity (Wildman–Crippen MR) is 64.2 cm³/mol. The van der Waals surface area contributed by atoms with Gasteiger partial charge in [0.15, 0.2) is 5.82 Å². The van der Waals surface area contributed by atoms with E-state index in [9.17, 15) is 4.79 Å². The number of anilines is 1. The zero-order valence-electron chi connectivity index (χ0n) is 9.86. The fourth-order valence-corrected chi connectivity index (χ4v) is 2.14. The van der Waals surface area contributed by atoms with Gasteiger partial charge in [0.25, 0.3) is 5.91 Å². The molecule has 1 aromatic heterocycles. The molecule has 1 saturated carbocycles. The van der Waals surface area contributed by atoms with Crippen LogP contribution < -0.4 is 16.6 Å². The maximum absolute atomic E-state index is 11.9. The maximum atomic E-state index is 11.9. The van der Waals surface area contributed by atoms with Crippen LogP contribution >= 0.6 is 0 Å². The summed E-state index contributed by atoms with van der Waals surface area (Å²) in [6.07, 6.45) is 7.23. The van der Waals surface area contributed by atoms with E-state index in [-0.39, 0.29) is 11.4 Å². The van der Waals surface area contributed by atoms with Crippen LogP contribution in [0.3, 0.4) is 0 Å². The second-order valence-corrected chi connectivity index (χ2v) is 4.65. The smallest absolute Gasteiger partial charge is 0.271 e. The number of hydrazine groups is 1. The summed E-state index contributed by atoms with van der Waals surface area (Å²) >= 11 is 0. The molecule has 17 heavy (non-hydrogen) atoms. The van der Waals surface area contributed by atoms with Crippen molar-refractivity contribution < 1.29 is 4.79 Å². The monoisotopic (exact) mass is 235 g/mol. The van der Waals surface area contributed by atoms with E-state index < -0.39 is 0 Å². The molecule has 4 N–H and O–H groups in total. The molecule has 92 valence electrons. The van der Waals surface area contributed by atoms with Crippen molar-refractivity contribution in [2.45, 2.75) is 38.1 Å². The number of rotatable bonds is 3. The van der Waals surface area contributed by atoms with E-state index in [2.05, 4.69) is 27.6 Å². The molecule has 0 atom stereocenters. The second-order valence-electron chi connectivity index (χ2n) is 4.65. The molecule has 1 heterocycles. The molecule has 0 spiro atoms. The van der Waals surface area contributed by atoms with Gasteiger partial charge < -0.3 is 10.7 Å². The van der Waals surface area contributed by atoms with Gasteiger partial charge in [0.2, 0.25) is 0 Å². The van der Waals surface area contributed by atoms with Gasteiger partial charge in [0, 0.05) is 5.54 Å². The highest BCUT2D eigenvalue weighted by molar-refractivity contribution is 5.92. The van der Waals surface area contributed by atoms with Gasteiger partial charge in [-0.2, -0.15) is 0 Å². The van der Waals surface area contributed by atoms with Gasteiger partial charge in [-0.3, -0.25) is 4.79 Å². The summed E-state index contributed by atoms with van der Waals surface area (Å²) in [7, 11) is 0. The fourth-order valence-electron chi connectivity index (χ4n) is 2.14. The fraction of sp³-hybridized carbons (Fsp3) is 0.545. The molecule has 0 aromatic carbocycles. The van der Waals surface area contributed by atoms with Crippen LogP contribution in [0.4, 0.5) is 5.82 Å². The van der Waals surface area contributed by atoms with Crippen molar-refractivity contribution in [2.24, 2.45) is 5.84 Å². The first-order valence-corrected chi connectivity index (χ1v) is 5.74. The van der Waals surface area contributed by atoms with Crippen LogP contribution in [0.5, 0.6) is 0 Å². The first-order valence-electron chi connectivity index (χ1n) is 5.74. The molecule has 0 unspecified atom stereocenters. The van der Waals surface area contributed by atoms with E-state index in [1.807, 2.05) is 0 Å². The molecule has 0 aliphatic heterocycles. The largest absolute Gasteiger partial charge is 0.345 e. The Labute approximate surface area is 100.0 Å². The molecular weight excluding hydrogens is 218 g/mol. The third kappa shape index (κ3) is 2.71. The lowest BCUT2D eigenvalue weighted by Gasteiger charge is -2.24. The second kappa shape index (κ2) is 4.67. The quantitative estimate of drug-likeness (QED) is 0.533. The van der Waals surface area contributed by atoms with Crippen molar-refractivity contribution in [3.05, 3.63) is 18.1 Å². The van der Waals surface area contributed by atoms with Gasteiger partial charge in [-0.25, -0.2) is 15.8 Å². The first kappa shape index (κ1) is 11.8. The SMILES string of the molecule is CC1(NC(=O)c2cnc(NN)cn2)CCCC1. The molecule has 0 saturated heterocycles. The molecular formula is C11H17N5O. The molecule has 1 aromatic rings.